The van der Waals surface area contributed by atoms with E-state index in [-0.39, 0.29) is 19.1 Å². The summed E-state index contributed by atoms with van der Waals surface area (Å²) in [6, 6.07) is -0.883. The zero-order valence-electron chi connectivity index (χ0n) is 46.1. The first-order valence-corrected chi connectivity index (χ1v) is 31.2. The van der Waals surface area contributed by atoms with Crippen LogP contribution >= 0.6 is 7.82 Å². The number of phosphoric ester groups is 1. The highest BCUT2D eigenvalue weighted by atomic mass is 31.2. The number of hydrogen-bond donors (Lipinski definition) is 2. The molecule has 0 fully saturated rings. The number of likely N-dealkylation sites (N-methyl/N-ethyl adjacent to an activating group) is 1. The minimum absolute atomic E-state index is 0.00119. The maximum Gasteiger partial charge on any atom is 0.268 e. The van der Waals surface area contributed by atoms with Crippen LogP contribution in [-0.2, 0) is 18.4 Å². The molecule has 0 bridgehead atoms. The minimum atomic E-state index is -4.59. The summed E-state index contributed by atoms with van der Waals surface area (Å²) in [7, 11) is 1.27. The average Bonchev–Trinajstić information content (AvgIpc) is 3.30. The first kappa shape index (κ1) is 67.0. The fraction of sp³-hybridized carbons (Fsp3) is 0.915. The van der Waals surface area contributed by atoms with E-state index in [2.05, 4.69) is 31.3 Å². The average molecular weight is 982 g/mol. The van der Waals surface area contributed by atoms with Gasteiger partial charge in [-0.25, -0.2) is 0 Å². The van der Waals surface area contributed by atoms with Gasteiger partial charge < -0.3 is 28.8 Å². The van der Waals surface area contributed by atoms with E-state index < -0.39 is 20.0 Å². The van der Waals surface area contributed by atoms with Crippen LogP contribution in [0.2, 0.25) is 0 Å². The summed E-state index contributed by atoms with van der Waals surface area (Å²) < 4.78 is 23.3. The number of carbonyl (C=O) groups excluding carboxylic acids is 1. The number of unbranched alkanes of at least 4 members (excludes halogenated alkanes) is 40. The van der Waals surface area contributed by atoms with Gasteiger partial charge in [0.15, 0.2) is 0 Å². The van der Waals surface area contributed by atoms with Gasteiger partial charge in [-0.1, -0.05) is 269 Å². The van der Waals surface area contributed by atoms with E-state index >= 15 is 0 Å². The largest absolute Gasteiger partial charge is 0.756 e. The van der Waals surface area contributed by atoms with Gasteiger partial charge in [0.1, 0.15) is 13.2 Å². The summed E-state index contributed by atoms with van der Waals surface area (Å²) in [5, 5.41) is 13.8. The monoisotopic (exact) mass is 981 g/mol. The zero-order chi connectivity index (χ0) is 49.9. The number of aliphatic hydroxyl groups excluding tert-OH is 1. The Labute approximate surface area is 424 Å². The molecule has 3 unspecified atom stereocenters. The lowest BCUT2D eigenvalue weighted by molar-refractivity contribution is -0.870. The van der Waals surface area contributed by atoms with Crippen molar-refractivity contribution in [2.75, 3.05) is 40.9 Å². The predicted molar refractivity (Wildman–Crippen MR) is 293 cm³/mol. The Bertz CT molecular complexity index is 1160. The van der Waals surface area contributed by atoms with Gasteiger partial charge in [-0.05, 0) is 44.9 Å². The Balaban J connectivity index is 3.97. The maximum absolute atomic E-state index is 12.9. The molecule has 0 heterocycles. The van der Waals surface area contributed by atoms with Gasteiger partial charge in [-0.2, -0.15) is 0 Å². The SMILES string of the molecule is CCCCCCCCCCCCC/C=C/C(O)C(COP(=O)([O-])OCC[N+](C)(C)C)NC(=O)CCCCCCCCCCCCCCCCCCC/C=C\CCCCCCCCCCCCCC. The van der Waals surface area contributed by atoms with Crippen molar-refractivity contribution in [2.45, 2.75) is 309 Å². The number of nitrogens with one attached hydrogen (secondary N) is 1. The Hall–Kier alpha value is -1.02. The maximum atomic E-state index is 12.9. The van der Waals surface area contributed by atoms with E-state index in [0.29, 0.717) is 17.4 Å². The molecule has 8 nitrogen and oxygen atoms in total. The number of rotatable bonds is 55. The van der Waals surface area contributed by atoms with Crippen LogP contribution in [0.4, 0.5) is 0 Å². The van der Waals surface area contributed by atoms with Crippen molar-refractivity contribution in [1.29, 1.82) is 0 Å². The zero-order valence-corrected chi connectivity index (χ0v) is 47.0. The van der Waals surface area contributed by atoms with E-state index in [9.17, 15) is 19.4 Å². The smallest absolute Gasteiger partial charge is 0.268 e. The molecular weight excluding hydrogens is 864 g/mol. The van der Waals surface area contributed by atoms with Gasteiger partial charge in [0.05, 0.1) is 39.9 Å². The molecule has 0 saturated carbocycles. The molecule has 3 atom stereocenters. The second-order valence-electron chi connectivity index (χ2n) is 21.7. The molecule has 68 heavy (non-hydrogen) atoms. The van der Waals surface area contributed by atoms with E-state index in [0.717, 1.165) is 38.5 Å². The molecule has 2 N–H and O–H groups in total. The van der Waals surface area contributed by atoms with Crippen molar-refractivity contribution < 1.29 is 32.9 Å². The van der Waals surface area contributed by atoms with Crippen LogP contribution in [0.15, 0.2) is 24.3 Å². The summed E-state index contributed by atoms with van der Waals surface area (Å²) in [4.78, 5) is 25.4. The van der Waals surface area contributed by atoms with Gasteiger partial charge in [0.2, 0.25) is 5.91 Å². The number of amides is 1. The first-order valence-electron chi connectivity index (χ1n) is 29.7. The van der Waals surface area contributed by atoms with Crippen LogP contribution in [0.1, 0.15) is 296 Å². The second-order valence-corrected chi connectivity index (χ2v) is 23.1. The third-order valence-corrected chi connectivity index (χ3v) is 14.6. The topological polar surface area (TPSA) is 108 Å². The summed E-state index contributed by atoms with van der Waals surface area (Å²) >= 11 is 0. The van der Waals surface area contributed by atoms with Crippen LogP contribution in [0.5, 0.6) is 0 Å². The number of phosphoric acid groups is 1. The predicted octanol–water partition coefficient (Wildman–Crippen LogP) is 17.4. The van der Waals surface area contributed by atoms with E-state index in [1.807, 2.05) is 27.2 Å². The summed E-state index contributed by atoms with van der Waals surface area (Å²) in [6.07, 6.45) is 64.2. The van der Waals surface area contributed by atoms with Crippen molar-refractivity contribution >= 4 is 13.7 Å². The van der Waals surface area contributed by atoms with E-state index in [1.54, 1.807) is 6.08 Å². The summed E-state index contributed by atoms with van der Waals surface area (Å²) in [5.74, 6) is -0.193. The number of aliphatic hydroxyl groups is 1. The normalized spacial score (nSPS) is 14.0. The highest BCUT2D eigenvalue weighted by Crippen LogP contribution is 2.38. The first-order chi connectivity index (χ1) is 33.0. The van der Waals surface area contributed by atoms with Crippen LogP contribution in [0.3, 0.4) is 0 Å². The van der Waals surface area contributed by atoms with Gasteiger partial charge in [-0.3, -0.25) is 9.36 Å². The molecule has 0 spiro atoms. The number of nitrogens with zero attached hydrogens (tertiary/aromatic N) is 1. The quantitative estimate of drug-likeness (QED) is 0.0272. The third-order valence-electron chi connectivity index (χ3n) is 13.7. The Kier molecular flexibility index (Phi) is 50.1. The molecule has 0 radical (unpaired) electrons. The van der Waals surface area contributed by atoms with Crippen molar-refractivity contribution in [3.63, 3.8) is 0 Å². The number of allylic oxidation sites excluding steroid dienone is 3. The molecule has 0 aromatic rings. The van der Waals surface area contributed by atoms with Gasteiger partial charge >= 0.3 is 0 Å². The van der Waals surface area contributed by atoms with Gasteiger partial charge in [0, 0.05) is 6.42 Å². The molecule has 0 saturated heterocycles. The number of hydrogen-bond acceptors (Lipinski definition) is 6. The highest BCUT2D eigenvalue weighted by Gasteiger charge is 2.23. The fourth-order valence-electron chi connectivity index (χ4n) is 8.97. The molecule has 0 aliphatic heterocycles. The fourth-order valence-corrected chi connectivity index (χ4v) is 9.70. The minimum Gasteiger partial charge on any atom is -0.756 e. The highest BCUT2D eigenvalue weighted by molar-refractivity contribution is 7.45. The van der Waals surface area contributed by atoms with Crippen LogP contribution in [0.25, 0.3) is 0 Å². The van der Waals surface area contributed by atoms with Crippen molar-refractivity contribution in [3.8, 4) is 0 Å². The molecule has 404 valence electrons. The Morgan fingerprint density at radius 1 is 0.500 bits per heavy atom. The summed E-state index contributed by atoms with van der Waals surface area (Å²) in [5.41, 5.74) is 0. The second kappa shape index (κ2) is 50.9. The summed E-state index contributed by atoms with van der Waals surface area (Å²) in [6.45, 7) is 4.68. The molecule has 0 aromatic carbocycles. The molecule has 0 aliphatic carbocycles. The molecule has 0 aliphatic rings. The van der Waals surface area contributed by atoms with Crippen molar-refractivity contribution in [2.24, 2.45) is 0 Å². The van der Waals surface area contributed by atoms with Crippen LogP contribution in [-0.4, -0.2) is 68.5 Å². The van der Waals surface area contributed by atoms with E-state index in [1.165, 1.54) is 238 Å². The lowest BCUT2D eigenvalue weighted by atomic mass is 10.0. The Morgan fingerprint density at radius 2 is 0.809 bits per heavy atom. The molecule has 1 amide bonds. The van der Waals surface area contributed by atoms with Crippen molar-refractivity contribution in [1.82, 2.24) is 5.32 Å². The molecule has 0 rings (SSSR count). The van der Waals surface area contributed by atoms with Crippen LogP contribution < -0.4 is 10.2 Å². The molecule has 9 heteroatoms. The third kappa shape index (κ3) is 52.8. The lowest BCUT2D eigenvalue weighted by Gasteiger charge is -2.29. The number of carbonyl (C=O) groups is 1. The Morgan fingerprint density at radius 3 is 1.15 bits per heavy atom. The lowest BCUT2D eigenvalue weighted by Crippen LogP contribution is -2.45. The van der Waals surface area contributed by atoms with Crippen molar-refractivity contribution in [3.05, 3.63) is 24.3 Å². The van der Waals surface area contributed by atoms with Gasteiger partial charge in [-0.15, -0.1) is 0 Å². The van der Waals surface area contributed by atoms with Gasteiger partial charge in [0.25, 0.3) is 7.82 Å². The standard InChI is InChI=1S/C59H117N2O6P/c1-6-8-10-12-14-16-18-20-21-22-23-24-25-26-27-28-29-30-31-32-33-34-35-36-37-38-39-41-43-45-47-49-51-53-59(63)60-57(56-67-68(64,65)66-55-54-61(3,4)5)58(62)52-50-48-46-44-42-40-19-17-15-13-11-9-7-2/h26-27,50,52,57-58,62H,6-25,28-49,51,53-56H2,1-5H3,(H-,60,63,64,65)/b27-26-,52-50+. The van der Waals surface area contributed by atoms with E-state index in [4.69, 9.17) is 9.05 Å². The number of quaternary nitrogens is 1. The molecule has 0 aromatic heterocycles. The van der Waals surface area contributed by atoms with Crippen LogP contribution in [0, 0.1) is 0 Å². The molecular formula is C59H117N2O6P.